The minimum atomic E-state index is -4.16. The minimum Gasteiger partial charge on any atom is -0.475 e. The molecule has 246 valence electrons. The van der Waals surface area contributed by atoms with Gasteiger partial charge in [0.2, 0.25) is 11.8 Å². The van der Waals surface area contributed by atoms with Crippen molar-refractivity contribution in [2.75, 3.05) is 11.3 Å². The quantitative estimate of drug-likeness (QED) is 0.216. The summed E-state index contributed by atoms with van der Waals surface area (Å²) in [5.74, 6) is -0.222. The number of aryl methyl sites for hydroxylation is 2. The number of rotatable bonds is 5. The van der Waals surface area contributed by atoms with Gasteiger partial charge in [0.25, 0.3) is 15.9 Å². The molecule has 0 spiro atoms. The van der Waals surface area contributed by atoms with Crippen molar-refractivity contribution in [3.63, 3.8) is 0 Å². The lowest BCUT2D eigenvalue weighted by Crippen LogP contribution is -2.45. The number of hydrogen-bond acceptors (Lipinski definition) is 8. The van der Waals surface area contributed by atoms with Crippen LogP contribution in [0.5, 0.6) is 5.88 Å². The Hall–Kier alpha value is -5.16. The van der Waals surface area contributed by atoms with E-state index in [1.54, 1.807) is 35.5 Å². The van der Waals surface area contributed by atoms with E-state index in [2.05, 4.69) is 45.4 Å². The number of nitrogens with zero attached hydrogens (tertiary/aromatic N) is 5. The van der Waals surface area contributed by atoms with E-state index in [4.69, 9.17) is 4.74 Å². The van der Waals surface area contributed by atoms with Gasteiger partial charge in [0, 0.05) is 41.7 Å². The van der Waals surface area contributed by atoms with Crippen LogP contribution in [0.1, 0.15) is 54.2 Å². The Morgan fingerprint density at radius 1 is 0.875 bits per heavy atom. The largest absolute Gasteiger partial charge is 0.475 e. The number of amides is 1. The highest BCUT2D eigenvalue weighted by Crippen LogP contribution is 2.32. The Bertz CT molecular complexity index is 2040. The van der Waals surface area contributed by atoms with Crippen molar-refractivity contribution >= 4 is 21.9 Å². The van der Waals surface area contributed by atoms with Crippen molar-refractivity contribution in [2.24, 2.45) is 5.41 Å². The first-order valence-electron chi connectivity index (χ1n) is 15.7. The van der Waals surface area contributed by atoms with Crippen LogP contribution in [0.2, 0.25) is 0 Å². The minimum absolute atomic E-state index is 0.0714. The molecule has 1 aliphatic rings. The van der Waals surface area contributed by atoms with Gasteiger partial charge in [0.05, 0.1) is 16.6 Å². The van der Waals surface area contributed by atoms with E-state index in [1.807, 2.05) is 56.3 Å². The van der Waals surface area contributed by atoms with Gasteiger partial charge in [-0.2, -0.15) is 4.98 Å². The molecule has 6 rings (SSSR count). The van der Waals surface area contributed by atoms with Crippen molar-refractivity contribution in [1.82, 2.24) is 24.8 Å². The van der Waals surface area contributed by atoms with E-state index in [0.29, 0.717) is 12.1 Å². The number of fused-ring (bicyclic) bond motifs is 4. The van der Waals surface area contributed by atoms with Gasteiger partial charge in [0.1, 0.15) is 12.9 Å². The third-order valence-electron chi connectivity index (χ3n) is 8.23. The molecular formula is C37H38N6O4S. The number of carbonyl (C=O) groups excluding carboxylic acids is 1. The van der Waals surface area contributed by atoms with Crippen LogP contribution in [0.3, 0.4) is 0 Å². The fraction of sp³-hybridized carbons (Fsp3) is 0.270. The van der Waals surface area contributed by atoms with Gasteiger partial charge in [-0.25, -0.2) is 28.1 Å². The zero-order valence-corrected chi connectivity index (χ0v) is 28.5. The molecule has 10 nitrogen and oxygen atoms in total. The van der Waals surface area contributed by atoms with Crippen molar-refractivity contribution in [3.05, 3.63) is 114 Å². The number of benzene rings is 3. The molecule has 1 aliphatic heterocycles. The molecule has 0 saturated heterocycles. The molecule has 48 heavy (non-hydrogen) atoms. The van der Waals surface area contributed by atoms with Crippen LogP contribution in [0.4, 0.5) is 5.95 Å². The first-order chi connectivity index (χ1) is 22.9. The van der Waals surface area contributed by atoms with Crippen LogP contribution < -0.4 is 9.46 Å². The summed E-state index contributed by atoms with van der Waals surface area (Å²) in [6.07, 6.45) is 5.60. The molecule has 1 amide bonds. The molecule has 0 unspecified atom stereocenters. The van der Waals surface area contributed by atoms with E-state index in [9.17, 15) is 13.2 Å². The second-order valence-corrected chi connectivity index (χ2v) is 15.0. The number of hydrogen-bond donors (Lipinski definition) is 1. The number of nitrogens with one attached hydrogen (secondary N) is 1. The Morgan fingerprint density at radius 3 is 2.25 bits per heavy atom. The first kappa shape index (κ1) is 32.8. The summed E-state index contributed by atoms with van der Waals surface area (Å²) in [7, 11) is -4.16. The van der Waals surface area contributed by atoms with Crippen LogP contribution in [0.15, 0.2) is 96.4 Å². The summed E-state index contributed by atoms with van der Waals surface area (Å²) in [6, 6.07) is 21.2. The molecule has 0 aliphatic carbocycles. The fourth-order valence-electron chi connectivity index (χ4n) is 5.99. The zero-order chi connectivity index (χ0) is 34.1. The van der Waals surface area contributed by atoms with Gasteiger partial charge in [-0.1, -0.05) is 69.3 Å². The Labute approximate surface area is 281 Å². The zero-order valence-electron chi connectivity index (χ0n) is 27.6. The second kappa shape index (κ2) is 13.2. The topological polar surface area (TPSA) is 127 Å². The summed E-state index contributed by atoms with van der Waals surface area (Å²) >= 11 is 0. The lowest BCUT2D eigenvalue weighted by atomic mass is 9.87. The molecule has 2 aromatic heterocycles. The molecular weight excluding hydrogens is 625 g/mol. The van der Waals surface area contributed by atoms with Gasteiger partial charge < -0.3 is 9.64 Å². The SMILES string of the molecule is Cc1cccc(C)c1-c1cc2nc(n1)NS(=O)(=O)c1cccc(c1)C(=O)N(Cc1ccc(-c3cncnc3)cc1)[C@H](CC(C)(C)C)CO2. The summed E-state index contributed by atoms with van der Waals surface area (Å²) in [5.41, 5.74) is 6.17. The van der Waals surface area contributed by atoms with E-state index < -0.39 is 16.1 Å². The highest BCUT2D eigenvalue weighted by Gasteiger charge is 2.31. The maximum atomic E-state index is 14.4. The van der Waals surface area contributed by atoms with Crippen molar-refractivity contribution < 1.29 is 17.9 Å². The summed E-state index contributed by atoms with van der Waals surface area (Å²) in [6.45, 7) is 10.7. The van der Waals surface area contributed by atoms with Gasteiger partial charge >= 0.3 is 0 Å². The monoisotopic (exact) mass is 662 g/mol. The lowest BCUT2D eigenvalue weighted by molar-refractivity contribution is 0.0513. The number of ether oxygens (including phenoxy) is 1. The molecule has 3 aromatic carbocycles. The standard InChI is InChI=1S/C37H38N6O4S/c1-24-8-6-9-25(2)34(24)32-17-33-41-36(40-32)42-48(45,46)31-11-7-10-28(16-31)35(44)43(30(22-47-33)18-37(3,4)5)21-26-12-14-27(15-13-26)29-19-38-23-39-20-29/h6-17,19-20,23,30H,18,21-22H2,1-5H3,(H,40,41,42)/t30-/m1/s1. The third-order valence-corrected chi connectivity index (χ3v) is 9.56. The average Bonchev–Trinajstić information content (AvgIpc) is 3.05. The average molecular weight is 663 g/mol. The van der Waals surface area contributed by atoms with Crippen LogP contribution in [0.25, 0.3) is 22.4 Å². The summed E-state index contributed by atoms with van der Waals surface area (Å²) < 4.78 is 36.3. The molecule has 0 saturated carbocycles. The number of aromatic nitrogens is 4. The van der Waals surface area contributed by atoms with Crippen LogP contribution in [0, 0.1) is 19.3 Å². The van der Waals surface area contributed by atoms with E-state index in [1.165, 1.54) is 18.5 Å². The Kier molecular flexibility index (Phi) is 8.98. The van der Waals surface area contributed by atoms with Gasteiger partial charge in [-0.3, -0.25) is 4.79 Å². The third kappa shape index (κ3) is 7.36. The second-order valence-electron chi connectivity index (χ2n) is 13.3. The van der Waals surface area contributed by atoms with Gasteiger partial charge in [-0.15, -0.1) is 0 Å². The fourth-order valence-corrected chi connectivity index (χ4v) is 6.98. The Balaban J connectivity index is 1.46. The smallest absolute Gasteiger partial charge is 0.264 e. The van der Waals surface area contributed by atoms with Crippen molar-refractivity contribution in [1.29, 1.82) is 0 Å². The number of sulfonamides is 1. The normalized spacial score (nSPS) is 16.1. The lowest BCUT2D eigenvalue weighted by Gasteiger charge is -2.36. The van der Waals surface area contributed by atoms with Crippen molar-refractivity contribution in [3.8, 4) is 28.3 Å². The van der Waals surface area contributed by atoms with Crippen molar-refractivity contribution in [2.45, 2.75) is 58.5 Å². The summed E-state index contributed by atoms with van der Waals surface area (Å²) in [4.78, 5) is 33.4. The van der Waals surface area contributed by atoms with Crippen LogP contribution >= 0.6 is 0 Å². The maximum absolute atomic E-state index is 14.4. The highest BCUT2D eigenvalue weighted by atomic mass is 32.2. The predicted octanol–water partition coefficient (Wildman–Crippen LogP) is 6.86. The molecule has 0 radical (unpaired) electrons. The van der Waals surface area contributed by atoms with E-state index in [-0.39, 0.29) is 46.8 Å². The maximum Gasteiger partial charge on any atom is 0.264 e. The molecule has 3 heterocycles. The van der Waals surface area contributed by atoms with Gasteiger partial charge in [-0.05, 0) is 66.1 Å². The molecule has 4 bridgehead atoms. The van der Waals surface area contributed by atoms with E-state index >= 15 is 0 Å². The Morgan fingerprint density at radius 2 is 1.56 bits per heavy atom. The number of carbonyl (C=O) groups is 1. The molecule has 1 N–H and O–H groups in total. The van der Waals surface area contributed by atoms with Crippen LogP contribution in [-0.4, -0.2) is 51.8 Å². The summed E-state index contributed by atoms with van der Waals surface area (Å²) in [5, 5.41) is 0. The molecule has 0 fully saturated rings. The van der Waals surface area contributed by atoms with E-state index in [0.717, 1.165) is 33.4 Å². The van der Waals surface area contributed by atoms with Crippen LogP contribution in [-0.2, 0) is 16.6 Å². The molecule has 5 aromatic rings. The van der Waals surface area contributed by atoms with Gasteiger partial charge in [0.15, 0.2) is 0 Å². The molecule has 11 heteroatoms. The number of anilines is 1. The first-order valence-corrected chi connectivity index (χ1v) is 17.2. The molecule has 1 atom stereocenters. The highest BCUT2D eigenvalue weighted by molar-refractivity contribution is 7.92. The predicted molar refractivity (Wildman–Crippen MR) is 185 cm³/mol.